The van der Waals surface area contributed by atoms with Crippen LogP contribution in [0, 0.1) is 5.41 Å². The normalized spacial score (nSPS) is 51.1. The highest BCUT2D eigenvalue weighted by atomic mass is 16.8. The molecule has 0 aromatic carbocycles. The molecule has 5 aliphatic rings. The van der Waals surface area contributed by atoms with Gasteiger partial charge in [-0.15, -0.1) is 0 Å². The summed E-state index contributed by atoms with van der Waals surface area (Å²) in [5.41, 5.74) is -0.156. The molecule has 4 atom stereocenters. The third-order valence-electron chi connectivity index (χ3n) is 6.07. The fraction of sp³-hybridized carbons (Fsp3) is 0.875. The summed E-state index contributed by atoms with van der Waals surface area (Å²) >= 11 is 0. The van der Waals surface area contributed by atoms with E-state index in [-0.39, 0.29) is 23.6 Å². The van der Waals surface area contributed by atoms with Gasteiger partial charge in [-0.25, -0.2) is 0 Å². The molecular formula is C16H22O5. The summed E-state index contributed by atoms with van der Waals surface area (Å²) in [6, 6.07) is 0. The molecule has 4 heterocycles. The quantitative estimate of drug-likeness (QED) is 0.800. The van der Waals surface area contributed by atoms with E-state index < -0.39 is 5.79 Å². The second kappa shape index (κ2) is 4.22. The highest BCUT2D eigenvalue weighted by Gasteiger charge is 2.78. The van der Waals surface area contributed by atoms with Crippen LogP contribution in [0.15, 0.2) is 12.3 Å². The van der Waals surface area contributed by atoms with Crippen molar-refractivity contribution in [1.29, 1.82) is 0 Å². The van der Waals surface area contributed by atoms with Crippen molar-refractivity contribution in [2.24, 2.45) is 5.41 Å². The standard InChI is InChI=1S/C16H22O5/c1-4-14-11-13-20-15(14,5-1)7-10-19-16(14,21-13)6-3-12-17-8-2-9-18-12/h7,10,12-13H,1-6,8-9,11H2/t13-,14+,15+,16+/m0/s1. The molecule has 5 rings (SSSR count). The van der Waals surface area contributed by atoms with Crippen molar-refractivity contribution in [2.45, 2.75) is 68.9 Å². The molecule has 3 saturated heterocycles. The van der Waals surface area contributed by atoms with Crippen molar-refractivity contribution in [2.75, 3.05) is 13.2 Å². The van der Waals surface area contributed by atoms with E-state index in [0.29, 0.717) is 0 Å². The van der Waals surface area contributed by atoms with Crippen LogP contribution in [0.2, 0.25) is 0 Å². The molecule has 0 amide bonds. The van der Waals surface area contributed by atoms with Crippen molar-refractivity contribution in [3.63, 3.8) is 0 Å². The number of rotatable bonds is 3. The molecule has 116 valence electrons. The molecule has 1 spiro atoms. The fourth-order valence-corrected chi connectivity index (χ4v) is 5.21. The summed E-state index contributed by atoms with van der Waals surface area (Å²) in [6.07, 6.45) is 10.7. The first-order chi connectivity index (χ1) is 10.3. The lowest BCUT2D eigenvalue weighted by Gasteiger charge is -2.53. The molecule has 4 fully saturated rings. The van der Waals surface area contributed by atoms with Gasteiger partial charge in [0.05, 0.1) is 24.9 Å². The van der Waals surface area contributed by atoms with Crippen LogP contribution in [0.1, 0.15) is 44.9 Å². The van der Waals surface area contributed by atoms with E-state index in [1.807, 2.05) is 0 Å². The monoisotopic (exact) mass is 294 g/mol. The zero-order valence-electron chi connectivity index (χ0n) is 12.2. The topological polar surface area (TPSA) is 46.2 Å². The van der Waals surface area contributed by atoms with Gasteiger partial charge in [-0.2, -0.15) is 0 Å². The number of hydrogen-bond donors (Lipinski definition) is 0. The Bertz CT molecular complexity index is 473. The Kier molecular flexibility index (Phi) is 2.59. The molecule has 5 nitrogen and oxygen atoms in total. The Hall–Kier alpha value is -0.620. The van der Waals surface area contributed by atoms with Crippen LogP contribution in [0.5, 0.6) is 0 Å². The third-order valence-corrected chi connectivity index (χ3v) is 6.07. The van der Waals surface area contributed by atoms with Crippen LogP contribution >= 0.6 is 0 Å². The van der Waals surface area contributed by atoms with Gasteiger partial charge in [0.15, 0.2) is 12.6 Å². The lowest BCUT2D eigenvalue weighted by molar-refractivity contribution is -0.368. The summed E-state index contributed by atoms with van der Waals surface area (Å²) in [7, 11) is 0. The van der Waals surface area contributed by atoms with Crippen molar-refractivity contribution in [1.82, 2.24) is 0 Å². The maximum absolute atomic E-state index is 6.20. The van der Waals surface area contributed by atoms with Gasteiger partial charge in [-0.3, -0.25) is 0 Å². The largest absolute Gasteiger partial charge is 0.469 e. The maximum atomic E-state index is 6.20. The molecule has 5 heteroatoms. The Labute approximate surface area is 124 Å². The molecule has 0 unspecified atom stereocenters. The Morgan fingerprint density at radius 3 is 2.86 bits per heavy atom. The first-order valence-electron chi connectivity index (χ1n) is 8.22. The van der Waals surface area contributed by atoms with Gasteiger partial charge >= 0.3 is 0 Å². The predicted molar refractivity (Wildman–Crippen MR) is 72.1 cm³/mol. The van der Waals surface area contributed by atoms with Crippen LogP contribution in [-0.2, 0) is 23.7 Å². The number of hydrogen-bond acceptors (Lipinski definition) is 5. The predicted octanol–water partition coefficient (Wildman–Crippen LogP) is 2.46. The summed E-state index contributed by atoms with van der Waals surface area (Å²) in [6.45, 7) is 1.58. The number of ether oxygens (including phenoxy) is 5. The van der Waals surface area contributed by atoms with Crippen molar-refractivity contribution < 1.29 is 23.7 Å². The van der Waals surface area contributed by atoms with E-state index in [9.17, 15) is 0 Å². The molecule has 4 aliphatic heterocycles. The van der Waals surface area contributed by atoms with E-state index >= 15 is 0 Å². The fourth-order valence-electron chi connectivity index (χ4n) is 5.21. The molecule has 1 saturated carbocycles. The minimum atomic E-state index is -0.536. The lowest BCUT2D eigenvalue weighted by atomic mass is 9.66. The first-order valence-corrected chi connectivity index (χ1v) is 8.22. The van der Waals surface area contributed by atoms with Gasteiger partial charge in [0.2, 0.25) is 5.79 Å². The van der Waals surface area contributed by atoms with Gasteiger partial charge in [0, 0.05) is 19.3 Å². The molecule has 2 bridgehead atoms. The molecule has 0 aromatic rings. The third kappa shape index (κ3) is 1.50. The second-order valence-corrected chi connectivity index (χ2v) is 6.93. The van der Waals surface area contributed by atoms with Gasteiger partial charge in [-0.05, 0) is 31.8 Å². The van der Waals surface area contributed by atoms with Crippen LogP contribution in [0.3, 0.4) is 0 Å². The van der Waals surface area contributed by atoms with E-state index in [2.05, 4.69) is 6.08 Å². The first kappa shape index (κ1) is 12.9. The van der Waals surface area contributed by atoms with Gasteiger partial charge in [0.1, 0.15) is 5.60 Å². The van der Waals surface area contributed by atoms with Gasteiger partial charge < -0.3 is 23.7 Å². The minimum absolute atomic E-state index is 0.00587. The summed E-state index contributed by atoms with van der Waals surface area (Å²) < 4.78 is 29.8. The maximum Gasteiger partial charge on any atom is 0.221 e. The van der Waals surface area contributed by atoms with Crippen LogP contribution < -0.4 is 0 Å². The Morgan fingerprint density at radius 2 is 1.95 bits per heavy atom. The highest BCUT2D eigenvalue weighted by molar-refractivity contribution is 5.28. The van der Waals surface area contributed by atoms with Crippen LogP contribution in [0.4, 0.5) is 0 Å². The lowest BCUT2D eigenvalue weighted by Crippen LogP contribution is -2.61. The molecule has 1 aliphatic carbocycles. The smallest absolute Gasteiger partial charge is 0.221 e. The molecule has 0 radical (unpaired) electrons. The van der Waals surface area contributed by atoms with Crippen LogP contribution in [-0.4, -0.2) is 37.2 Å². The average Bonchev–Trinajstić information content (AvgIpc) is 3.10. The van der Waals surface area contributed by atoms with E-state index in [1.54, 1.807) is 6.26 Å². The van der Waals surface area contributed by atoms with Crippen molar-refractivity contribution >= 4 is 0 Å². The Balaban J connectivity index is 1.41. The SMILES string of the molecule is C1=C[C@]23CCC[C@@]24C[C@H](O[C@@]4(CCC2OCCCO2)O1)O3. The average molecular weight is 294 g/mol. The molecular weight excluding hydrogens is 272 g/mol. The van der Waals surface area contributed by atoms with E-state index in [4.69, 9.17) is 23.7 Å². The van der Waals surface area contributed by atoms with Crippen molar-refractivity contribution in [3.8, 4) is 0 Å². The summed E-state index contributed by atoms with van der Waals surface area (Å²) in [5.74, 6) is -0.536. The highest BCUT2D eigenvalue weighted by Crippen LogP contribution is 2.71. The van der Waals surface area contributed by atoms with Gasteiger partial charge in [-0.1, -0.05) is 0 Å². The molecule has 0 N–H and O–H groups in total. The van der Waals surface area contributed by atoms with Crippen molar-refractivity contribution in [3.05, 3.63) is 12.3 Å². The van der Waals surface area contributed by atoms with Gasteiger partial charge in [0.25, 0.3) is 0 Å². The van der Waals surface area contributed by atoms with E-state index in [1.165, 1.54) is 6.42 Å². The van der Waals surface area contributed by atoms with Crippen LogP contribution in [0.25, 0.3) is 0 Å². The van der Waals surface area contributed by atoms with E-state index in [0.717, 1.165) is 51.7 Å². The zero-order valence-corrected chi connectivity index (χ0v) is 12.2. The zero-order chi connectivity index (χ0) is 14.0. The summed E-state index contributed by atoms with van der Waals surface area (Å²) in [4.78, 5) is 0. The Morgan fingerprint density at radius 1 is 1.05 bits per heavy atom. The molecule has 21 heavy (non-hydrogen) atoms. The molecule has 0 aromatic heterocycles. The number of fused-ring (bicyclic) bond motifs is 1. The minimum Gasteiger partial charge on any atom is -0.469 e. The second-order valence-electron chi connectivity index (χ2n) is 6.93. The summed E-state index contributed by atoms with van der Waals surface area (Å²) in [5, 5.41) is 0.